The third kappa shape index (κ3) is 4.25. The third-order valence-corrected chi connectivity index (χ3v) is 5.86. The number of carbonyl (C=O) groups is 1. The van der Waals surface area contributed by atoms with Crippen LogP contribution in [0.5, 0.6) is 0 Å². The van der Waals surface area contributed by atoms with Crippen molar-refractivity contribution in [2.75, 3.05) is 51.2 Å². The zero-order valence-electron chi connectivity index (χ0n) is 15.3. The highest BCUT2D eigenvalue weighted by Gasteiger charge is 2.28. The van der Waals surface area contributed by atoms with Crippen LogP contribution in [0.25, 0.3) is 6.08 Å². The summed E-state index contributed by atoms with van der Waals surface area (Å²) in [5, 5.41) is 0.864. The van der Waals surface area contributed by atoms with Gasteiger partial charge in [-0.15, -0.1) is 0 Å². The summed E-state index contributed by atoms with van der Waals surface area (Å²) >= 11 is 1.51. The number of hydrogen-bond donors (Lipinski definition) is 1. The van der Waals surface area contributed by atoms with Crippen molar-refractivity contribution in [2.45, 2.75) is 13.8 Å². The smallest absolute Gasteiger partial charge is 0.286 e. The highest BCUT2D eigenvalue weighted by atomic mass is 32.2. The van der Waals surface area contributed by atoms with E-state index in [9.17, 15) is 4.79 Å². The molecule has 134 valence electrons. The standard InChI is InChI=1S/C19H26N4OS/c1-4-22(5-2)16-8-6-15(7-9-16)14-17-18(24)20-19(25-17)23-12-10-21(3)11-13-23/h6-9,14H,4-5,10-13H2,1-3H3/p+1/b17-14+. The van der Waals surface area contributed by atoms with Crippen LogP contribution in [0.1, 0.15) is 19.4 Å². The summed E-state index contributed by atoms with van der Waals surface area (Å²) in [6, 6.07) is 8.39. The number of benzene rings is 1. The Bertz CT molecular complexity index is 671. The summed E-state index contributed by atoms with van der Waals surface area (Å²) in [5.41, 5.74) is 2.26. The Morgan fingerprint density at radius 3 is 2.44 bits per heavy atom. The third-order valence-electron chi connectivity index (χ3n) is 4.82. The molecule has 1 saturated heterocycles. The normalized spacial score (nSPS) is 20.3. The number of quaternary nitrogens is 1. The second kappa shape index (κ2) is 8.06. The van der Waals surface area contributed by atoms with Crippen molar-refractivity contribution in [1.29, 1.82) is 0 Å². The topological polar surface area (TPSA) is 40.4 Å². The van der Waals surface area contributed by atoms with Gasteiger partial charge in [0.1, 0.15) is 0 Å². The maximum Gasteiger partial charge on any atom is 0.286 e. The molecular formula is C19H27N4OS+. The molecule has 25 heavy (non-hydrogen) atoms. The summed E-state index contributed by atoms with van der Waals surface area (Å²) in [4.78, 5) is 23.3. The average Bonchev–Trinajstić information content (AvgIpc) is 2.99. The van der Waals surface area contributed by atoms with Crippen molar-refractivity contribution < 1.29 is 9.69 Å². The lowest BCUT2D eigenvalue weighted by atomic mass is 10.2. The summed E-state index contributed by atoms with van der Waals surface area (Å²) in [7, 11) is 2.21. The first-order valence-corrected chi connectivity index (χ1v) is 9.86. The lowest BCUT2D eigenvalue weighted by Crippen LogP contribution is -3.12. The van der Waals surface area contributed by atoms with E-state index in [-0.39, 0.29) is 5.91 Å². The minimum absolute atomic E-state index is 0.112. The van der Waals surface area contributed by atoms with Crippen molar-refractivity contribution in [2.24, 2.45) is 4.99 Å². The van der Waals surface area contributed by atoms with Gasteiger partial charge in [0.25, 0.3) is 5.91 Å². The van der Waals surface area contributed by atoms with Crippen LogP contribution in [0.15, 0.2) is 34.2 Å². The molecule has 0 atom stereocenters. The fourth-order valence-corrected chi connectivity index (χ4v) is 4.10. The maximum absolute atomic E-state index is 12.2. The number of aliphatic imine (C=N–C) groups is 1. The van der Waals surface area contributed by atoms with E-state index in [2.05, 4.69) is 60.0 Å². The number of hydrogen-bond acceptors (Lipinski definition) is 4. The number of amides is 1. The van der Waals surface area contributed by atoms with E-state index < -0.39 is 0 Å². The molecule has 0 spiro atoms. The molecule has 1 aromatic carbocycles. The number of carbonyl (C=O) groups excluding carboxylic acids is 1. The van der Waals surface area contributed by atoms with Crippen LogP contribution in [0.3, 0.4) is 0 Å². The van der Waals surface area contributed by atoms with E-state index in [1.807, 2.05) is 6.08 Å². The number of anilines is 1. The lowest BCUT2D eigenvalue weighted by Gasteiger charge is -2.30. The van der Waals surface area contributed by atoms with E-state index in [0.29, 0.717) is 0 Å². The number of nitrogens with zero attached hydrogens (tertiary/aromatic N) is 3. The molecule has 2 aliphatic heterocycles. The Kier molecular flexibility index (Phi) is 5.81. The molecular weight excluding hydrogens is 332 g/mol. The van der Waals surface area contributed by atoms with E-state index in [1.54, 1.807) is 0 Å². The van der Waals surface area contributed by atoms with Crippen LogP contribution in [-0.2, 0) is 4.79 Å². The summed E-state index contributed by atoms with van der Waals surface area (Å²) in [5.74, 6) is -0.112. The largest absolute Gasteiger partial charge is 0.372 e. The first-order valence-electron chi connectivity index (χ1n) is 9.04. The van der Waals surface area contributed by atoms with Gasteiger partial charge in [0.2, 0.25) is 0 Å². The van der Waals surface area contributed by atoms with Crippen molar-refractivity contribution in [3.63, 3.8) is 0 Å². The molecule has 3 rings (SSSR count). The van der Waals surface area contributed by atoms with E-state index in [4.69, 9.17) is 0 Å². The molecule has 0 aliphatic carbocycles. The zero-order valence-corrected chi connectivity index (χ0v) is 16.1. The fourth-order valence-electron chi connectivity index (χ4n) is 3.13. The number of nitrogens with one attached hydrogen (secondary N) is 1. The molecule has 0 unspecified atom stereocenters. The molecule has 1 fully saturated rings. The summed E-state index contributed by atoms with van der Waals surface area (Å²) in [6.45, 7) is 10.4. The first kappa shape index (κ1) is 18.0. The van der Waals surface area contributed by atoms with Gasteiger partial charge < -0.3 is 14.7 Å². The van der Waals surface area contributed by atoms with Gasteiger partial charge in [-0.1, -0.05) is 12.1 Å². The van der Waals surface area contributed by atoms with Crippen LogP contribution in [-0.4, -0.2) is 62.3 Å². The van der Waals surface area contributed by atoms with Crippen molar-refractivity contribution in [3.8, 4) is 0 Å². The van der Waals surface area contributed by atoms with Gasteiger partial charge in [-0.3, -0.25) is 4.79 Å². The van der Waals surface area contributed by atoms with Gasteiger partial charge >= 0.3 is 0 Å². The van der Waals surface area contributed by atoms with E-state index in [0.717, 1.165) is 54.9 Å². The molecule has 0 bridgehead atoms. The summed E-state index contributed by atoms with van der Waals surface area (Å²) in [6.07, 6.45) is 1.96. The maximum atomic E-state index is 12.2. The molecule has 2 aliphatic rings. The minimum Gasteiger partial charge on any atom is -0.372 e. The highest BCUT2D eigenvalue weighted by Crippen LogP contribution is 2.30. The molecule has 2 heterocycles. The van der Waals surface area contributed by atoms with Crippen molar-refractivity contribution >= 4 is 34.6 Å². The Labute approximate surface area is 154 Å². The molecule has 1 amide bonds. The number of piperazine rings is 1. The number of amidine groups is 1. The van der Waals surface area contributed by atoms with Crippen LogP contribution in [0.2, 0.25) is 0 Å². The Morgan fingerprint density at radius 2 is 1.84 bits per heavy atom. The van der Waals surface area contributed by atoms with Gasteiger partial charge in [-0.05, 0) is 49.4 Å². The minimum atomic E-state index is -0.112. The molecule has 1 N–H and O–H groups in total. The predicted octanol–water partition coefficient (Wildman–Crippen LogP) is 1.33. The average molecular weight is 360 g/mol. The van der Waals surface area contributed by atoms with Gasteiger partial charge in [0, 0.05) is 18.8 Å². The molecule has 0 radical (unpaired) electrons. The number of thioether (sulfide) groups is 1. The van der Waals surface area contributed by atoms with Gasteiger partial charge in [-0.25, -0.2) is 0 Å². The lowest BCUT2D eigenvalue weighted by molar-refractivity contribution is -0.883. The van der Waals surface area contributed by atoms with Crippen LogP contribution in [0.4, 0.5) is 5.69 Å². The second-order valence-corrected chi connectivity index (χ2v) is 7.53. The SMILES string of the molecule is CCN(CC)c1ccc(/C=C2/SC(N3CC[NH+](C)CC3)=NC2=O)cc1. The molecule has 0 saturated carbocycles. The molecule has 5 nitrogen and oxygen atoms in total. The summed E-state index contributed by atoms with van der Waals surface area (Å²) < 4.78 is 0. The van der Waals surface area contributed by atoms with Gasteiger partial charge in [-0.2, -0.15) is 4.99 Å². The fraction of sp³-hybridized carbons (Fsp3) is 0.474. The van der Waals surface area contributed by atoms with Crippen molar-refractivity contribution in [3.05, 3.63) is 34.7 Å². The second-order valence-electron chi connectivity index (χ2n) is 6.52. The van der Waals surface area contributed by atoms with Crippen LogP contribution < -0.4 is 9.80 Å². The highest BCUT2D eigenvalue weighted by molar-refractivity contribution is 8.18. The van der Waals surface area contributed by atoms with Crippen LogP contribution in [0, 0.1) is 0 Å². The Balaban J connectivity index is 1.67. The van der Waals surface area contributed by atoms with E-state index in [1.165, 1.54) is 22.3 Å². The van der Waals surface area contributed by atoms with Gasteiger partial charge in [0.15, 0.2) is 5.17 Å². The number of likely N-dealkylation sites (N-methyl/N-ethyl adjacent to an activating group) is 1. The first-order chi connectivity index (χ1) is 12.1. The quantitative estimate of drug-likeness (QED) is 0.824. The Morgan fingerprint density at radius 1 is 1.20 bits per heavy atom. The van der Waals surface area contributed by atoms with Crippen LogP contribution >= 0.6 is 11.8 Å². The van der Waals surface area contributed by atoms with Crippen molar-refractivity contribution in [1.82, 2.24) is 4.90 Å². The number of rotatable bonds is 4. The zero-order chi connectivity index (χ0) is 17.8. The predicted molar refractivity (Wildman–Crippen MR) is 106 cm³/mol. The van der Waals surface area contributed by atoms with Gasteiger partial charge in [0.05, 0.1) is 38.1 Å². The Hall–Kier alpha value is -1.79. The monoisotopic (exact) mass is 359 g/mol. The van der Waals surface area contributed by atoms with E-state index >= 15 is 0 Å². The molecule has 6 heteroatoms. The molecule has 0 aromatic heterocycles. The molecule has 1 aromatic rings.